The molecule has 132 valence electrons. The van der Waals surface area contributed by atoms with Gasteiger partial charge in [-0.2, -0.15) is 11.8 Å². The standard InChI is InChI=1S/C18H21N3O2S2/c22-17(13-3-1-7-19-13)21-8-2-4-14(21)15-5-6-16(25-15)18(23)20-9-11-24-12-10-20/h1,3,5-7,14,19H,2,4,8-12H2. The summed E-state index contributed by atoms with van der Waals surface area (Å²) in [5.74, 6) is 2.22. The van der Waals surface area contributed by atoms with Gasteiger partial charge in [0.1, 0.15) is 5.69 Å². The van der Waals surface area contributed by atoms with Gasteiger partial charge in [-0.1, -0.05) is 0 Å². The second kappa shape index (κ2) is 7.25. The first kappa shape index (κ1) is 16.7. The lowest BCUT2D eigenvalue weighted by Gasteiger charge is -2.26. The van der Waals surface area contributed by atoms with Gasteiger partial charge in [0, 0.05) is 42.2 Å². The number of nitrogens with one attached hydrogen (secondary N) is 1. The first-order valence-electron chi connectivity index (χ1n) is 8.65. The fraction of sp³-hybridized carbons (Fsp3) is 0.444. The van der Waals surface area contributed by atoms with Crippen molar-refractivity contribution < 1.29 is 9.59 Å². The van der Waals surface area contributed by atoms with E-state index in [9.17, 15) is 9.59 Å². The van der Waals surface area contributed by atoms with Gasteiger partial charge in [0.2, 0.25) is 0 Å². The molecule has 2 aliphatic heterocycles. The lowest BCUT2D eigenvalue weighted by atomic mass is 10.2. The Morgan fingerprint density at radius 2 is 1.92 bits per heavy atom. The molecule has 2 aromatic heterocycles. The lowest BCUT2D eigenvalue weighted by molar-refractivity contribution is 0.0731. The third-order valence-electron chi connectivity index (χ3n) is 4.81. The van der Waals surface area contributed by atoms with E-state index >= 15 is 0 Å². The van der Waals surface area contributed by atoms with Crippen LogP contribution < -0.4 is 0 Å². The molecule has 4 heterocycles. The molecule has 1 N–H and O–H groups in total. The SMILES string of the molecule is O=C(c1ccc(C2CCCN2C(=O)c2ccc[nH]2)s1)N1CCSCC1. The number of likely N-dealkylation sites (tertiary alicyclic amines) is 1. The quantitative estimate of drug-likeness (QED) is 0.896. The van der Waals surface area contributed by atoms with E-state index in [2.05, 4.69) is 4.98 Å². The van der Waals surface area contributed by atoms with Crippen LogP contribution in [0.2, 0.25) is 0 Å². The Hall–Kier alpha value is -1.73. The third-order valence-corrected chi connectivity index (χ3v) is 6.92. The zero-order valence-electron chi connectivity index (χ0n) is 13.9. The monoisotopic (exact) mass is 375 g/mol. The minimum Gasteiger partial charge on any atom is -0.357 e. The summed E-state index contributed by atoms with van der Waals surface area (Å²) in [5, 5.41) is 0. The van der Waals surface area contributed by atoms with E-state index in [0.717, 1.165) is 53.7 Å². The number of amides is 2. The molecule has 2 amide bonds. The van der Waals surface area contributed by atoms with Crippen LogP contribution in [0.5, 0.6) is 0 Å². The number of hydrogen-bond acceptors (Lipinski definition) is 4. The Bertz CT molecular complexity index is 750. The van der Waals surface area contributed by atoms with Crippen molar-refractivity contribution in [1.82, 2.24) is 14.8 Å². The number of aromatic amines is 1. The van der Waals surface area contributed by atoms with E-state index in [1.54, 1.807) is 17.5 Å². The Labute approximate surface area is 155 Å². The summed E-state index contributed by atoms with van der Waals surface area (Å²) in [6.45, 7) is 2.43. The van der Waals surface area contributed by atoms with Gasteiger partial charge in [-0.05, 0) is 37.1 Å². The maximum atomic E-state index is 12.7. The molecular weight excluding hydrogens is 354 g/mol. The summed E-state index contributed by atoms with van der Waals surface area (Å²) in [5.41, 5.74) is 0.630. The predicted molar refractivity (Wildman–Crippen MR) is 101 cm³/mol. The Kier molecular flexibility index (Phi) is 4.85. The first-order valence-corrected chi connectivity index (χ1v) is 10.6. The van der Waals surface area contributed by atoms with Crippen molar-refractivity contribution in [3.05, 3.63) is 45.9 Å². The van der Waals surface area contributed by atoms with Crippen LogP contribution in [-0.2, 0) is 0 Å². The highest BCUT2D eigenvalue weighted by atomic mass is 32.2. The lowest BCUT2D eigenvalue weighted by Crippen LogP contribution is -2.37. The molecule has 2 aliphatic rings. The molecule has 5 nitrogen and oxygen atoms in total. The molecule has 0 spiro atoms. The van der Waals surface area contributed by atoms with Crippen LogP contribution in [0.3, 0.4) is 0 Å². The molecule has 0 radical (unpaired) electrons. The van der Waals surface area contributed by atoms with Crippen LogP contribution in [0.15, 0.2) is 30.5 Å². The highest BCUT2D eigenvalue weighted by Crippen LogP contribution is 2.37. The van der Waals surface area contributed by atoms with Crippen molar-refractivity contribution in [1.29, 1.82) is 0 Å². The highest BCUT2D eigenvalue weighted by Gasteiger charge is 2.32. The number of rotatable bonds is 3. The topological polar surface area (TPSA) is 56.4 Å². The molecule has 2 aromatic rings. The molecule has 1 atom stereocenters. The summed E-state index contributed by atoms with van der Waals surface area (Å²) in [6.07, 6.45) is 3.74. The number of thiophene rings is 1. The number of hydrogen-bond donors (Lipinski definition) is 1. The molecule has 2 saturated heterocycles. The van der Waals surface area contributed by atoms with E-state index < -0.39 is 0 Å². The molecule has 0 aromatic carbocycles. The van der Waals surface area contributed by atoms with E-state index in [1.165, 1.54) is 0 Å². The summed E-state index contributed by atoms with van der Waals surface area (Å²) in [4.78, 5) is 34.2. The van der Waals surface area contributed by atoms with Crippen molar-refractivity contribution in [3.63, 3.8) is 0 Å². The minimum absolute atomic E-state index is 0.0434. The summed E-state index contributed by atoms with van der Waals surface area (Å²) >= 11 is 3.45. The van der Waals surface area contributed by atoms with Gasteiger partial charge in [-0.15, -0.1) is 11.3 Å². The van der Waals surface area contributed by atoms with Crippen LogP contribution in [0.4, 0.5) is 0 Å². The van der Waals surface area contributed by atoms with Crippen LogP contribution >= 0.6 is 23.1 Å². The van der Waals surface area contributed by atoms with E-state index in [-0.39, 0.29) is 17.9 Å². The fourth-order valence-corrected chi connectivity index (χ4v) is 5.52. The minimum atomic E-state index is 0.0434. The predicted octanol–water partition coefficient (Wildman–Crippen LogP) is 3.24. The summed E-state index contributed by atoms with van der Waals surface area (Å²) in [6, 6.07) is 7.70. The Balaban J connectivity index is 1.50. The average molecular weight is 376 g/mol. The third kappa shape index (κ3) is 3.35. The zero-order chi connectivity index (χ0) is 17.2. The van der Waals surface area contributed by atoms with Gasteiger partial charge < -0.3 is 14.8 Å². The molecule has 0 bridgehead atoms. The van der Waals surface area contributed by atoms with Gasteiger partial charge >= 0.3 is 0 Å². The van der Waals surface area contributed by atoms with Gasteiger partial charge in [0.05, 0.1) is 10.9 Å². The van der Waals surface area contributed by atoms with Crippen molar-refractivity contribution in [2.45, 2.75) is 18.9 Å². The first-order chi connectivity index (χ1) is 12.2. The molecule has 0 saturated carbocycles. The molecule has 0 aliphatic carbocycles. The highest BCUT2D eigenvalue weighted by molar-refractivity contribution is 7.99. The van der Waals surface area contributed by atoms with Gasteiger partial charge in [-0.25, -0.2) is 0 Å². The van der Waals surface area contributed by atoms with Crippen molar-refractivity contribution in [3.8, 4) is 0 Å². The average Bonchev–Trinajstić information content (AvgIpc) is 3.42. The number of carbonyl (C=O) groups is 2. The molecule has 4 rings (SSSR count). The number of H-pyrrole nitrogens is 1. The van der Waals surface area contributed by atoms with Crippen LogP contribution in [0, 0.1) is 0 Å². The maximum absolute atomic E-state index is 12.7. The Morgan fingerprint density at radius 3 is 2.68 bits per heavy atom. The number of carbonyl (C=O) groups excluding carboxylic acids is 2. The van der Waals surface area contributed by atoms with Crippen molar-refractivity contribution in [2.75, 3.05) is 31.1 Å². The van der Waals surface area contributed by atoms with Gasteiger partial charge in [0.25, 0.3) is 11.8 Å². The molecule has 1 unspecified atom stereocenters. The van der Waals surface area contributed by atoms with E-state index in [0.29, 0.717) is 5.69 Å². The second-order valence-corrected chi connectivity index (χ2v) is 8.69. The molecular formula is C18H21N3O2S2. The zero-order valence-corrected chi connectivity index (χ0v) is 15.6. The fourth-order valence-electron chi connectivity index (χ4n) is 3.49. The van der Waals surface area contributed by atoms with Crippen molar-refractivity contribution in [2.24, 2.45) is 0 Å². The number of aromatic nitrogens is 1. The van der Waals surface area contributed by atoms with Gasteiger partial charge in [-0.3, -0.25) is 9.59 Å². The molecule has 7 heteroatoms. The second-order valence-electron chi connectivity index (χ2n) is 6.35. The molecule has 25 heavy (non-hydrogen) atoms. The normalized spacial score (nSPS) is 20.9. The number of nitrogens with zero attached hydrogens (tertiary/aromatic N) is 2. The van der Waals surface area contributed by atoms with Crippen LogP contribution in [-0.4, -0.2) is 57.7 Å². The number of thioether (sulfide) groups is 1. The maximum Gasteiger partial charge on any atom is 0.270 e. The Morgan fingerprint density at radius 1 is 1.08 bits per heavy atom. The molecule has 2 fully saturated rings. The van der Waals surface area contributed by atoms with E-state index in [4.69, 9.17) is 0 Å². The summed E-state index contributed by atoms with van der Waals surface area (Å²) < 4.78 is 0. The van der Waals surface area contributed by atoms with Crippen LogP contribution in [0.25, 0.3) is 0 Å². The van der Waals surface area contributed by atoms with Crippen molar-refractivity contribution >= 4 is 34.9 Å². The van der Waals surface area contributed by atoms with E-state index in [1.807, 2.05) is 45.8 Å². The largest absolute Gasteiger partial charge is 0.357 e. The van der Waals surface area contributed by atoms with Crippen LogP contribution in [0.1, 0.15) is 43.9 Å². The smallest absolute Gasteiger partial charge is 0.270 e. The van der Waals surface area contributed by atoms with Gasteiger partial charge in [0.15, 0.2) is 0 Å². The summed E-state index contributed by atoms with van der Waals surface area (Å²) in [7, 11) is 0.